The number of hydrogen-bond acceptors (Lipinski definition) is 3. The van der Waals surface area contributed by atoms with Gasteiger partial charge in [0.15, 0.2) is 0 Å². The van der Waals surface area contributed by atoms with Crippen LogP contribution in [0.2, 0.25) is 0 Å². The quantitative estimate of drug-likeness (QED) is 0.624. The van der Waals surface area contributed by atoms with Crippen LogP contribution < -0.4 is 4.74 Å². The smallest absolute Gasteiger partial charge is 0.308 e. The van der Waals surface area contributed by atoms with Crippen molar-refractivity contribution in [2.45, 2.75) is 6.92 Å². The highest BCUT2D eigenvalue weighted by Gasteiger charge is 2.11. The van der Waals surface area contributed by atoms with E-state index >= 15 is 0 Å². The molecular formula is C15H10N2O2. The van der Waals surface area contributed by atoms with Crippen molar-refractivity contribution in [3.8, 4) is 11.8 Å². The van der Waals surface area contributed by atoms with Crippen LogP contribution in [0.1, 0.15) is 12.6 Å². The molecule has 4 heteroatoms. The van der Waals surface area contributed by atoms with Gasteiger partial charge in [-0.3, -0.25) is 4.79 Å². The van der Waals surface area contributed by atoms with Gasteiger partial charge in [-0.1, -0.05) is 24.3 Å². The number of hydrogen-bond donors (Lipinski definition) is 0. The number of rotatable bonds is 1. The molecule has 3 rings (SSSR count). The number of nitriles is 1. The van der Waals surface area contributed by atoms with Crippen molar-refractivity contribution in [2.75, 3.05) is 0 Å². The van der Waals surface area contributed by atoms with Crippen molar-refractivity contribution in [3.63, 3.8) is 0 Å². The zero-order valence-corrected chi connectivity index (χ0v) is 10.3. The molecule has 0 atom stereocenters. The van der Waals surface area contributed by atoms with Crippen LogP contribution in [0, 0.1) is 11.3 Å². The van der Waals surface area contributed by atoms with Crippen LogP contribution in [-0.2, 0) is 4.79 Å². The van der Waals surface area contributed by atoms with Gasteiger partial charge in [-0.05, 0) is 6.07 Å². The average Bonchev–Trinajstić information content (AvgIpc) is 2.71. The van der Waals surface area contributed by atoms with Crippen molar-refractivity contribution in [2.24, 2.45) is 0 Å². The van der Waals surface area contributed by atoms with Gasteiger partial charge in [0.05, 0.1) is 5.52 Å². The van der Waals surface area contributed by atoms with Gasteiger partial charge in [-0.15, -0.1) is 0 Å². The summed E-state index contributed by atoms with van der Waals surface area (Å²) in [6.45, 7) is 1.36. The van der Waals surface area contributed by atoms with E-state index in [0.717, 1.165) is 16.3 Å². The lowest BCUT2D eigenvalue weighted by Gasteiger charge is -2.02. The van der Waals surface area contributed by atoms with Gasteiger partial charge < -0.3 is 9.14 Å². The number of fused-ring (bicyclic) bond motifs is 3. The maximum atomic E-state index is 11.0. The summed E-state index contributed by atoms with van der Waals surface area (Å²) >= 11 is 0. The van der Waals surface area contributed by atoms with Gasteiger partial charge in [0.25, 0.3) is 0 Å². The Bertz CT molecular complexity index is 840. The standard InChI is InChI=1S/C15H10N2O2/c1-10(18)19-11-6-7-17-14(8-11)12-4-2-3-5-13(12)15(17)9-16/h2-8H,1H3. The number of carbonyl (C=O) groups excluding carboxylic acids is 1. The van der Waals surface area contributed by atoms with E-state index in [1.807, 2.05) is 24.3 Å². The van der Waals surface area contributed by atoms with Crippen LogP contribution in [0.5, 0.6) is 5.75 Å². The number of nitrogens with zero attached hydrogens (tertiary/aromatic N) is 2. The summed E-state index contributed by atoms with van der Waals surface area (Å²) < 4.78 is 6.88. The molecule has 92 valence electrons. The summed E-state index contributed by atoms with van der Waals surface area (Å²) in [5, 5.41) is 11.1. The Balaban J connectivity index is 2.37. The second-order valence-electron chi connectivity index (χ2n) is 4.22. The molecule has 0 unspecified atom stereocenters. The van der Waals surface area contributed by atoms with Gasteiger partial charge in [0, 0.05) is 30.0 Å². The summed E-state index contributed by atoms with van der Waals surface area (Å²) in [6, 6.07) is 13.3. The van der Waals surface area contributed by atoms with Crippen LogP contribution in [-0.4, -0.2) is 10.4 Å². The molecule has 2 heterocycles. The number of esters is 1. The molecular weight excluding hydrogens is 240 g/mol. The number of benzene rings is 1. The lowest BCUT2D eigenvalue weighted by atomic mass is 10.1. The van der Waals surface area contributed by atoms with Crippen molar-refractivity contribution in [1.29, 1.82) is 5.26 Å². The summed E-state index contributed by atoms with van der Waals surface area (Å²) in [5.41, 5.74) is 1.44. The lowest BCUT2D eigenvalue weighted by molar-refractivity contribution is -0.131. The Morgan fingerprint density at radius 1 is 1.26 bits per heavy atom. The Hall–Kier alpha value is -2.80. The normalized spacial score (nSPS) is 10.5. The van der Waals surface area contributed by atoms with E-state index < -0.39 is 0 Å². The Morgan fingerprint density at radius 2 is 2.00 bits per heavy atom. The molecule has 0 spiro atoms. The Morgan fingerprint density at radius 3 is 2.68 bits per heavy atom. The fourth-order valence-electron chi connectivity index (χ4n) is 2.27. The number of aromatic nitrogens is 1. The predicted molar refractivity (Wildman–Crippen MR) is 70.9 cm³/mol. The molecule has 0 N–H and O–H groups in total. The SMILES string of the molecule is CC(=O)Oc1ccn2c(C#N)c3ccccc3c2c1. The molecule has 2 aromatic heterocycles. The Labute approximate surface area is 109 Å². The van der Waals surface area contributed by atoms with Crippen LogP contribution >= 0.6 is 0 Å². The van der Waals surface area contributed by atoms with E-state index in [9.17, 15) is 10.1 Å². The van der Waals surface area contributed by atoms with E-state index in [0.29, 0.717) is 11.4 Å². The highest BCUT2D eigenvalue weighted by atomic mass is 16.5. The summed E-state index contributed by atoms with van der Waals surface area (Å²) in [6.07, 6.45) is 1.74. The van der Waals surface area contributed by atoms with Gasteiger partial charge in [0.2, 0.25) is 0 Å². The minimum atomic E-state index is -0.360. The first-order valence-corrected chi connectivity index (χ1v) is 5.82. The van der Waals surface area contributed by atoms with Crippen molar-refractivity contribution in [1.82, 2.24) is 4.40 Å². The van der Waals surface area contributed by atoms with Gasteiger partial charge >= 0.3 is 5.97 Å². The third-order valence-electron chi connectivity index (χ3n) is 2.99. The van der Waals surface area contributed by atoms with Crippen LogP contribution in [0.3, 0.4) is 0 Å². The van der Waals surface area contributed by atoms with E-state index in [1.165, 1.54) is 6.92 Å². The minimum Gasteiger partial charge on any atom is -0.427 e. The fourth-order valence-corrected chi connectivity index (χ4v) is 2.27. The molecule has 0 aliphatic heterocycles. The second kappa shape index (κ2) is 4.14. The molecule has 0 aliphatic rings. The summed E-state index contributed by atoms with van der Waals surface area (Å²) in [5.74, 6) is 0.119. The largest absolute Gasteiger partial charge is 0.427 e. The molecule has 0 fully saturated rings. The summed E-state index contributed by atoms with van der Waals surface area (Å²) in [7, 11) is 0. The molecule has 0 saturated carbocycles. The maximum absolute atomic E-state index is 11.0. The molecule has 0 bridgehead atoms. The first-order chi connectivity index (χ1) is 9.20. The number of pyridine rings is 1. The molecule has 0 saturated heterocycles. The maximum Gasteiger partial charge on any atom is 0.308 e. The van der Waals surface area contributed by atoms with E-state index in [1.54, 1.807) is 22.7 Å². The van der Waals surface area contributed by atoms with Crippen molar-refractivity contribution >= 4 is 22.3 Å². The van der Waals surface area contributed by atoms with E-state index in [-0.39, 0.29) is 5.97 Å². The van der Waals surface area contributed by atoms with Crippen LogP contribution in [0.15, 0.2) is 42.6 Å². The zero-order valence-electron chi connectivity index (χ0n) is 10.3. The van der Waals surface area contributed by atoms with Gasteiger partial charge in [0.1, 0.15) is 17.5 Å². The third kappa shape index (κ3) is 1.72. The van der Waals surface area contributed by atoms with Gasteiger partial charge in [-0.2, -0.15) is 5.26 Å². The molecule has 0 amide bonds. The number of ether oxygens (including phenoxy) is 1. The van der Waals surface area contributed by atoms with E-state index in [2.05, 4.69) is 6.07 Å². The molecule has 0 aliphatic carbocycles. The van der Waals surface area contributed by atoms with E-state index in [4.69, 9.17) is 4.74 Å². The lowest BCUT2D eigenvalue weighted by Crippen LogP contribution is -2.01. The highest BCUT2D eigenvalue weighted by molar-refractivity contribution is 6.01. The monoisotopic (exact) mass is 250 g/mol. The average molecular weight is 250 g/mol. The van der Waals surface area contributed by atoms with Gasteiger partial charge in [-0.25, -0.2) is 0 Å². The molecule has 0 radical (unpaired) electrons. The second-order valence-corrected chi connectivity index (χ2v) is 4.22. The highest BCUT2D eigenvalue weighted by Crippen LogP contribution is 2.28. The predicted octanol–water partition coefficient (Wildman–Crippen LogP) is 2.89. The van der Waals surface area contributed by atoms with Crippen LogP contribution in [0.25, 0.3) is 16.3 Å². The van der Waals surface area contributed by atoms with Crippen LogP contribution in [0.4, 0.5) is 0 Å². The first-order valence-electron chi connectivity index (χ1n) is 5.82. The first kappa shape index (κ1) is 11.3. The molecule has 19 heavy (non-hydrogen) atoms. The molecule has 4 nitrogen and oxygen atoms in total. The topological polar surface area (TPSA) is 54.5 Å². The van der Waals surface area contributed by atoms with Crippen molar-refractivity contribution in [3.05, 3.63) is 48.3 Å². The minimum absolute atomic E-state index is 0.360. The Kier molecular flexibility index (Phi) is 2.46. The fraction of sp³-hybridized carbons (Fsp3) is 0.0667. The molecule has 3 aromatic rings. The zero-order chi connectivity index (χ0) is 13.4. The summed E-state index contributed by atoms with van der Waals surface area (Å²) in [4.78, 5) is 11.0. The third-order valence-corrected chi connectivity index (χ3v) is 2.99. The van der Waals surface area contributed by atoms with Crippen molar-refractivity contribution < 1.29 is 9.53 Å². The molecule has 1 aromatic carbocycles. The number of carbonyl (C=O) groups is 1.